The van der Waals surface area contributed by atoms with Crippen LogP contribution in [-0.4, -0.2) is 31.3 Å². The Bertz CT molecular complexity index is 922. The van der Waals surface area contributed by atoms with Crippen LogP contribution in [0.25, 0.3) is 0 Å². The SMILES string of the molecule is Cc1cc2c(cc1S(=O)(=O)NC(=O)c1cncs1)O[C@H](C)C(=O)N2. The molecule has 0 radical (unpaired) electrons. The molecule has 0 spiro atoms. The molecule has 3 rings (SSSR count). The molecule has 24 heavy (non-hydrogen) atoms. The zero-order valence-corrected chi connectivity index (χ0v) is 14.3. The zero-order chi connectivity index (χ0) is 17.5. The molecule has 0 unspecified atom stereocenters. The second kappa shape index (κ2) is 5.87. The molecule has 10 heteroatoms. The molecule has 2 amide bonds. The number of anilines is 1. The molecule has 1 aromatic carbocycles. The van der Waals surface area contributed by atoms with Crippen LogP contribution < -0.4 is 14.8 Å². The largest absolute Gasteiger partial charge is 0.479 e. The van der Waals surface area contributed by atoms with E-state index in [0.717, 1.165) is 11.3 Å². The molecule has 1 aromatic heterocycles. The fraction of sp³-hybridized carbons (Fsp3) is 0.214. The second-order valence-corrected chi connectivity index (χ2v) is 7.70. The molecule has 8 nitrogen and oxygen atoms in total. The molecule has 1 aliphatic rings. The molecule has 0 saturated carbocycles. The van der Waals surface area contributed by atoms with Crippen molar-refractivity contribution in [1.82, 2.24) is 9.71 Å². The van der Waals surface area contributed by atoms with E-state index in [-0.39, 0.29) is 21.4 Å². The van der Waals surface area contributed by atoms with Crippen molar-refractivity contribution < 1.29 is 22.7 Å². The third-order valence-corrected chi connectivity index (χ3v) is 5.63. The minimum absolute atomic E-state index is 0.0949. The van der Waals surface area contributed by atoms with Gasteiger partial charge in [0.1, 0.15) is 10.6 Å². The van der Waals surface area contributed by atoms with Gasteiger partial charge >= 0.3 is 0 Å². The molecule has 126 valence electrons. The van der Waals surface area contributed by atoms with E-state index < -0.39 is 22.0 Å². The topological polar surface area (TPSA) is 114 Å². The summed E-state index contributed by atoms with van der Waals surface area (Å²) in [6, 6.07) is 2.79. The van der Waals surface area contributed by atoms with Gasteiger partial charge in [-0.1, -0.05) is 0 Å². The summed E-state index contributed by atoms with van der Waals surface area (Å²) in [5.74, 6) is -0.827. The Kier molecular flexibility index (Phi) is 4.01. The Labute approximate surface area is 141 Å². The first kappa shape index (κ1) is 16.4. The molecular weight excluding hydrogens is 354 g/mol. The molecule has 0 aliphatic carbocycles. The highest BCUT2D eigenvalue weighted by atomic mass is 32.2. The van der Waals surface area contributed by atoms with Gasteiger partial charge in [-0.25, -0.2) is 13.1 Å². The van der Waals surface area contributed by atoms with Crippen LogP contribution in [0.5, 0.6) is 5.75 Å². The molecule has 0 saturated heterocycles. The van der Waals surface area contributed by atoms with Gasteiger partial charge in [0.2, 0.25) is 0 Å². The van der Waals surface area contributed by atoms with E-state index in [1.54, 1.807) is 13.8 Å². The van der Waals surface area contributed by atoms with Crippen molar-refractivity contribution in [2.24, 2.45) is 0 Å². The van der Waals surface area contributed by atoms with E-state index in [4.69, 9.17) is 4.74 Å². The summed E-state index contributed by atoms with van der Waals surface area (Å²) in [7, 11) is -4.09. The van der Waals surface area contributed by atoms with E-state index in [2.05, 4.69) is 10.3 Å². The number of aromatic nitrogens is 1. The van der Waals surface area contributed by atoms with Gasteiger partial charge in [-0.15, -0.1) is 11.3 Å². The average Bonchev–Trinajstić information content (AvgIpc) is 3.02. The summed E-state index contributed by atoms with van der Waals surface area (Å²) in [4.78, 5) is 27.4. The van der Waals surface area contributed by atoms with E-state index in [9.17, 15) is 18.0 Å². The van der Waals surface area contributed by atoms with Crippen molar-refractivity contribution >= 4 is 38.9 Å². The van der Waals surface area contributed by atoms with Crippen molar-refractivity contribution in [3.8, 4) is 5.75 Å². The number of benzene rings is 1. The number of carbonyl (C=O) groups is 2. The average molecular weight is 367 g/mol. The molecule has 0 bridgehead atoms. The van der Waals surface area contributed by atoms with Crippen LogP contribution in [0.15, 0.2) is 28.7 Å². The number of ether oxygens (including phenoxy) is 1. The van der Waals surface area contributed by atoms with Crippen molar-refractivity contribution in [3.63, 3.8) is 0 Å². The number of fused-ring (bicyclic) bond motifs is 1. The predicted octanol–water partition coefficient (Wildman–Crippen LogP) is 1.29. The summed E-state index contributed by atoms with van der Waals surface area (Å²) in [6.07, 6.45) is 0.554. The lowest BCUT2D eigenvalue weighted by Gasteiger charge is -2.24. The monoisotopic (exact) mass is 367 g/mol. The maximum Gasteiger partial charge on any atom is 0.276 e. The molecule has 2 N–H and O–H groups in total. The predicted molar refractivity (Wildman–Crippen MR) is 86.7 cm³/mol. The number of nitrogens with one attached hydrogen (secondary N) is 2. The standard InChI is InChI=1S/C14H13N3O5S2/c1-7-3-9-10(22-8(2)13(18)16-9)4-12(7)24(20,21)17-14(19)11-5-15-6-23-11/h3-6,8H,1-2H3,(H,16,18)(H,17,19)/t8-/m1/s1. The Morgan fingerprint density at radius 2 is 2.17 bits per heavy atom. The summed E-state index contributed by atoms with van der Waals surface area (Å²) in [5.41, 5.74) is 2.20. The first-order valence-electron chi connectivity index (χ1n) is 6.86. The maximum absolute atomic E-state index is 12.5. The Morgan fingerprint density at radius 3 is 2.83 bits per heavy atom. The van der Waals surface area contributed by atoms with Crippen LogP contribution in [0.1, 0.15) is 22.2 Å². The van der Waals surface area contributed by atoms with Crippen molar-refractivity contribution in [2.75, 3.05) is 5.32 Å². The minimum atomic E-state index is -4.09. The summed E-state index contributed by atoms with van der Waals surface area (Å²) >= 11 is 1.03. The Hall–Kier alpha value is -2.46. The molecule has 2 heterocycles. The maximum atomic E-state index is 12.5. The third kappa shape index (κ3) is 2.97. The number of rotatable bonds is 3. The lowest BCUT2D eigenvalue weighted by Crippen LogP contribution is -2.35. The van der Waals surface area contributed by atoms with Crippen molar-refractivity contribution in [3.05, 3.63) is 34.3 Å². The molecule has 2 aromatic rings. The number of carbonyl (C=O) groups excluding carboxylic acids is 2. The highest BCUT2D eigenvalue weighted by molar-refractivity contribution is 7.90. The highest BCUT2D eigenvalue weighted by Crippen LogP contribution is 2.34. The summed E-state index contributed by atoms with van der Waals surface area (Å²) in [5, 5.41) is 2.64. The van der Waals surface area contributed by atoms with Gasteiger partial charge < -0.3 is 10.1 Å². The number of thiazole rings is 1. The van der Waals surface area contributed by atoms with Crippen molar-refractivity contribution in [1.29, 1.82) is 0 Å². The van der Waals surface area contributed by atoms with Crippen molar-refractivity contribution in [2.45, 2.75) is 24.8 Å². The van der Waals surface area contributed by atoms with Gasteiger partial charge in [-0.3, -0.25) is 14.6 Å². The number of hydrogen-bond acceptors (Lipinski definition) is 7. The Morgan fingerprint density at radius 1 is 1.42 bits per heavy atom. The van der Waals surface area contributed by atoms with Gasteiger partial charge in [0, 0.05) is 6.07 Å². The molecule has 0 fully saturated rings. The number of amides is 2. The number of nitrogens with zero attached hydrogens (tertiary/aromatic N) is 1. The third-order valence-electron chi connectivity index (χ3n) is 3.38. The van der Waals surface area contributed by atoms with Gasteiger partial charge in [0.25, 0.3) is 21.8 Å². The summed E-state index contributed by atoms with van der Waals surface area (Å²) < 4.78 is 32.4. The van der Waals surface area contributed by atoms with Crippen LogP contribution in [0.3, 0.4) is 0 Å². The number of aryl methyl sites for hydroxylation is 1. The van der Waals surface area contributed by atoms with E-state index in [1.807, 2.05) is 4.72 Å². The van der Waals surface area contributed by atoms with Crippen LogP contribution in [0.4, 0.5) is 5.69 Å². The van der Waals surface area contributed by atoms with E-state index >= 15 is 0 Å². The minimum Gasteiger partial charge on any atom is -0.479 e. The van der Waals surface area contributed by atoms with Gasteiger partial charge in [-0.05, 0) is 25.5 Å². The Balaban J connectivity index is 1.95. The zero-order valence-electron chi connectivity index (χ0n) is 12.7. The fourth-order valence-electron chi connectivity index (χ4n) is 2.19. The molecule has 1 aliphatic heterocycles. The first-order valence-corrected chi connectivity index (χ1v) is 9.22. The highest BCUT2D eigenvalue weighted by Gasteiger charge is 2.28. The molecular formula is C14H13N3O5S2. The number of sulfonamides is 1. The van der Waals surface area contributed by atoms with Crippen LogP contribution in [0.2, 0.25) is 0 Å². The van der Waals surface area contributed by atoms with Gasteiger partial charge in [-0.2, -0.15) is 0 Å². The molecule has 1 atom stereocenters. The summed E-state index contributed by atoms with van der Waals surface area (Å²) in [6.45, 7) is 3.12. The second-order valence-electron chi connectivity index (χ2n) is 5.16. The first-order chi connectivity index (χ1) is 11.3. The van der Waals surface area contributed by atoms with Crippen LogP contribution >= 0.6 is 11.3 Å². The number of hydrogen-bond donors (Lipinski definition) is 2. The fourth-order valence-corrected chi connectivity index (χ4v) is 3.98. The van der Waals surface area contributed by atoms with E-state index in [1.165, 1.54) is 23.8 Å². The van der Waals surface area contributed by atoms with Crippen LogP contribution in [-0.2, 0) is 14.8 Å². The van der Waals surface area contributed by atoms with Crippen LogP contribution in [0, 0.1) is 6.92 Å². The quantitative estimate of drug-likeness (QED) is 0.845. The smallest absolute Gasteiger partial charge is 0.276 e. The van der Waals surface area contributed by atoms with Gasteiger partial charge in [0.15, 0.2) is 6.10 Å². The normalized spacial score (nSPS) is 16.8. The lowest BCUT2D eigenvalue weighted by molar-refractivity contribution is -0.122. The van der Waals surface area contributed by atoms with Gasteiger partial charge in [0.05, 0.1) is 22.3 Å². The lowest BCUT2D eigenvalue weighted by atomic mass is 10.1. The van der Waals surface area contributed by atoms with E-state index in [0.29, 0.717) is 11.3 Å².